The van der Waals surface area contributed by atoms with Gasteiger partial charge >= 0.3 is 11.9 Å². The monoisotopic (exact) mass is 508 g/mol. The van der Waals surface area contributed by atoms with Gasteiger partial charge in [-0.15, -0.1) is 11.6 Å². The maximum atomic E-state index is 12.5. The molecule has 1 saturated heterocycles. The number of aryl methyl sites for hydroxylation is 1. The van der Waals surface area contributed by atoms with Crippen molar-refractivity contribution < 1.29 is 46.3 Å². The Hall–Kier alpha value is -2.05. The van der Waals surface area contributed by atoms with E-state index in [1.54, 1.807) is 12.1 Å². The standard InChI is InChI=1S/C20H25ClO9S.CH4O/c1-11-5-7-15(8-6-11)31(25,26)27-10-17-18(21)20(29-14(4)24)19(28-13(3)23)16(30-17)9-12(2)22;1-2/h5-8,16-20H,9-10H2,1-4H3;2H,1H3/t16-,17+,18-,19-,20-;/m0./s1. The number of hydrogen-bond donors (Lipinski definition) is 1. The minimum absolute atomic E-state index is 0.0466. The van der Waals surface area contributed by atoms with Gasteiger partial charge in [-0.2, -0.15) is 8.42 Å². The molecule has 0 spiro atoms. The van der Waals surface area contributed by atoms with Gasteiger partial charge in [0.15, 0.2) is 12.2 Å². The van der Waals surface area contributed by atoms with Crippen molar-refractivity contribution in [3.63, 3.8) is 0 Å². The molecule has 0 aromatic heterocycles. The van der Waals surface area contributed by atoms with Crippen LogP contribution in [0.2, 0.25) is 0 Å². The highest BCUT2D eigenvalue weighted by atomic mass is 35.5. The molecule has 0 saturated carbocycles. The number of hydrogen-bond acceptors (Lipinski definition) is 10. The predicted octanol–water partition coefficient (Wildman–Crippen LogP) is 1.53. The summed E-state index contributed by atoms with van der Waals surface area (Å²) < 4.78 is 46.3. The molecule has 5 atom stereocenters. The highest BCUT2D eigenvalue weighted by Crippen LogP contribution is 2.32. The van der Waals surface area contributed by atoms with Crippen LogP contribution in [0.1, 0.15) is 32.8 Å². The van der Waals surface area contributed by atoms with E-state index in [2.05, 4.69) is 0 Å². The maximum absolute atomic E-state index is 12.5. The number of Topliss-reactive ketones (excluding diaryl/α,β-unsaturated/α-hetero) is 1. The summed E-state index contributed by atoms with van der Waals surface area (Å²) in [6, 6.07) is 6.06. The van der Waals surface area contributed by atoms with Gasteiger partial charge in [0.25, 0.3) is 10.1 Å². The van der Waals surface area contributed by atoms with Crippen molar-refractivity contribution in [2.75, 3.05) is 13.7 Å². The molecule has 186 valence electrons. The summed E-state index contributed by atoms with van der Waals surface area (Å²) in [6.45, 7) is 4.94. The van der Waals surface area contributed by atoms with E-state index in [0.29, 0.717) is 0 Å². The van der Waals surface area contributed by atoms with Gasteiger partial charge < -0.3 is 19.3 Å². The number of esters is 2. The number of aliphatic hydroxyl groups excluding tert-OH is 1. The molecular formula is C21H29ClO10S. The third kappa shape index (κ3) is 8.67. The molecule has 1 aliphatic heterocycles. The van der Waals surface area contributed by atoms with Crippen LogP contribution in [0, 0.1) is 6.92 Å². The van der Waals surface area contributed by atoms with Crippen LogP contribution >= 0.6 is 11.6 Å². The molecule has 33 heavy (non-hydrogen) atoms. The topological polar surface area (TPSA) is 142 Å². The fourth-order valence-corrected chi connectivity index (χ4v) is 4.39. The lowest BCUT2D eigenvalue weighted by Gasteiger charge is -2.43. The summed E-state index contributed by atoms with van der Waals surface area (Å²) in [6.07, 6.45) is -4.55. The van der Waals surface area contributed by atoms with Crippen LogP contribution in [0.25, 0.3) is 0 Å². The highest BCUT2D eigenvalue weighted by Gasteiger charge is 2.49. The van der Waals surface area contributed by atoms with Crippen LogP contribution < -0.4 is 0 Å². The van der Waals surface area contributed by atoms with Crippen molar-refractivity contribution in [3.05, 3.63) is 29.8 Å². The molecule has 0 unspecified atom stereocenters. The Balaban J connectivity index is 0.00000265. The zero-order valence-electron chi connectivity index (χ0n) is 19.0. The molecule has 1 N–H and O–H groups in total. The smallest absolute Gasteiger partial charge is 0.303 e. The molecule has 1 aliphatic rings. The largest absolute Gasteiger partial charge is 0.457 e. The van der Waals surface area contributed by atoms with Gasteiger partial charge in [0.1, 0.15) is 23.4 Å². The summed E-state index contributed by atoms with van der Waals surface area (Å²) in [7, 11) is -3.11. The van der Waals surface area contributed by atoms with E-state index >= 15 is 0 Å². The predicted molar refractivity (Wildman–Crippen MR) is 117 cm³/mol. The van der Waals surface area contributed by atoms with Gasteiger partial charge in [-0.3, -0.25) is 18.6 Å². The first-order valence-electron chi connectivity index (χ1n) is 9.95. The van der Waals surface area contributed by atoms with E-state index in [0.717, 1.165) is 26.5 Å². The summed E-state index contributed by atoms with van der Waals surface area (Å²) in [5.74, 6) is -1.65. The first-order chi connectivity index (χ1) is 15.4. The van der Waals surface area contributed by atoms with E-state index in [1.165, 1.54) is 19.1 Å². The molecule has 0 bridgehead atoms. The van der Waals surface area contributed by atoms with Gasteiger partial charge in [-0.05, 0) is 26.0 Å². The SMILES string of the molecule is CC(=O)C[C@@H]1O[C@H](COS(=O)(=O)c2ccc(C)cc2)[C@H](Cl)[C@H](OC(C)=O)[C@H]1OC(C)=O.CO. The second kappa shape index (κ2) is 13.0. The van der Waals surface area contributed by atoms with Crippen molar-refractivity contribution in [1.82, 2.24) is 0 Å². The third-order valence-corrected chi connectivity index (χ3v) is 6.32. The number of halogens is 1. The molecule has 0 aliphatic carbocycles. The van der Waals surface area contributed by atoms with Gasteiger partial charge in [-0.1, -0.05) is 17.7 Å². The molecule has 1 heterocycles. The molecule has 12 heteroatoms. The van der Waals surface area contributed by atoms with Crippen molar-refractivity contribution in [1.29, 1.82) is 0 Å². The number of aliphatic hydroxyl groups is 1. The van der Waals surface area contributed by atoms with Crippen molar-refractivity contribution in [3.8, 4) is 0 Å². The average molecular weight is 509 g/mol. The molecule has 10 nitrogen and oxygen atoms in total. The number of carbonyl (C=O) groups excluding carboxylic acids is 3. The van der Waals surface area contributed by atoms with Gasteiger partial charge in [0.2, 0.25) is 0 Å². The zero-order chi connectivity index (χ0) is 25.3. The van der Waals surface area contributed by atoms with Crippen LogP contribution in [0.15, 0.2) is 29.2 Å². The van der Waals surface area contributed by atoms with E-state index in [-0.39, 0.29) is 17.1 Å². The Kier molecular flexibility index (Phi) is 11.4. The molecular weight excluding hydrogens is 480 g/mol. The van der Waals surface area contributed by atoms with E-state index in [9.17, 15) is 22.8 Å². The Morgan fingerprint density at radius 2 is 1.48 bits per heavy atom. The quantitative estimate of drug-likeness (QED) is 0.312. The minimum atomic E-state index is -4.11. The average Bonchev–Trinajstić information content (AvgIpc) is 2.72. The Morgan fingerprint density at radius 1 is 0.970 bits per heavy atom. The minimum Gasteiger partial charge on any atom is -0.457 e. The lowest BCUT2D eigenvalue weighted by atomic mass is 9.94. The molecule has 1 fully saturated rings. The molecule has 0 radical (unpaired) electrons. The van der Waals surface area contributed by atoms with Gasteiger partial charge in [-0.25, -0.2) is 0 Å². The normalized spacial score (nSPS) is 24.8. The fourth-order valence-electron chi connectivity index (χ4n) is 3.15. The summed E-state index contributed by atoms with van der Waals surface area (Å²) in [5, 5.41) is 5.89. The van der Waals surface area contributed by atoms with E-state index in [1.807, 2.05) is 6.92 Å². The molecule has 1 aromatic carbocycles. The van der Waals surface area contributed by atoms with E-state index in [4.69, 9.17) is 35.1 Å². The summed E-state index contributed by atoms with van der Waals surface area (Å²) in [5.41, 5.74) is 0.878. The third-order valence-electron chi connectivity index (χ3n) is 4.50. The second-order valence-corrected chi connectivity index (χ2v) is 9.38. The Bertz CT molecular complexity index is 915. The Morgan fingerprint density at radius 3 is 1.97 bits per heavy atom. The molecule has 2 rings (SSSR count). The molecule has 1 aromatic rings. The van der Waals surface area contributed by atoms with Gasteiger partial charge in [0.05, 0.1) is 11.5 Å². The number of carbonyl (C=O) groups is 3. The van der Waals surface area contributed by atoms with Crippen LogP contribution in [0.3, 0.4) is 0 Å². The van der Waals surface area contributed by atoms with Crippen molar-refractivity contribution in [2.24, 2.45) is 0 Å². The first-order valence-corrected chi connectivity index (χ1v) is 11.8. The highest BCUT2D eigenvalue weighted by molar-refractivity contribution is 7.86. The number of rotatable bonds is 8. The number of ketones is 1. The summed E-state index contributed by atoms with van der Waals surface area (Å²) in [4.78, 5) is 34.8. The first kappa shape index (κ1) is 29.0. The second-order valence-electron chi connectivity index (χ2n) is 7.26. The van der Waals surface area contributed by atoms with Crippen LogP contribution in [0.5, 0.6) is 0 Å². The zero-order valence-corrected chi connectivity index (χ0v) is 20.6. The Labute approximate surface area is 198 Å². The lowest BCUT2D eigenvalue weighted by molar-refractivity contribution is -0.208. The fraction of sp³-hybridized carbons (Fsp3) is 0.571. The lowest BCUT2D eigenvalue weighted by Crippen LogP contribution is -2.59. The van der Waals surface area contributed by atoms with Crippen LogP contribution in [-0.2, 0) is 42.9 Å². The molecule has 0 amide bonds. The summed E-state index contributed by atoms with van der Waals surface area (Å²) >= 11 is 6.42. The number of ether oxygens (including phenoxy) is 3. The van der Waals surface area contributed by atoms with Crippen molar-refractivity contribution in [2.45, 2.75) is 68.8 Å². The van der Waals surface area contributed by atoms with Crippen LogP contribution in [-0.4, -0.2) is 74.8 Å². The van der Waals surface area contributed by atoms with Crippen LogP contribution in [0.4, 0.5) is 0 Å². The van der Waals surface area contributed by atoms with Gasteiger partial charge in [0, 0.05) is 27.4 Å². The maximum Gasteiger partial charge on any atom is 0.303 e. The number of alkyl halides is 1. The number of benzene rings is 1. The van der Waals surface area contributed by atoms with Crippen molar-refractivity contribution >= 4 is 39.4 Å². The van der Waals surface area contributed by atoms with E-state index < -0.39 is 58.5 Å².